The van der Waals surface area contributed by atoms with Crippen LogP contribution in [0.3, 0.4) is 0 Å². The van der Waals surface area contributed by atoms with Crippen LogP contribution in [-0.2, 0) is 14.8 Å². The molecular weight excluding hydrogens is 254 g/mol. The van der Waals surface area contributed by atoms with Crippen molar-refractivity contribution < 1.29 is 18.3 Å². The van der Waals surface area contributed by atoms with Gasteiger partial charge in [0.05, 0.1) is 4.90 Å². The number of aryl methyl sites for hydroxylation is 2. The largest absolute Gasteiger partial charge is 0.480 e. The van der Waals surface area contributed by atoms with Gasteiger partial charge in [-0.2, -0.15) is 4.72 Å². The van der Waals surface area contributed by atoms with E-state index in [4.69, 9.17) is 5.11 Å². The average molecular weight is 271 g/mol. The Hall–Kier alpha value is -1.40. The van der Waals surface area contributed by atoms with Crippen LogP contribution in [0, 0.1) is 13.8 Å². The second-order valence-electron chi connectivity index (χ2n) is 4.19. The number of aliphatic carboxylic acids is 1. The van der Waals surface area contributed by atoms with Crippen molar-refractivity contribution in [3.63, 3.8) is 0 Å². The van der Waals surface area contributed by atoms with Gasteiger partial charge in [0.1, 0.15) is 6.04 Å². The van der Waals surface area contributed by atoms with Crippen molar-refractivity contribution in [3.8, 4) is 0 Å². The number of carboxylic acids is 1. The minimum absolute atomic E-state index is 0.118. The molecule has 0 fully saturated rings. The molecule has 0 aliphatic rings. The summed E-state index contributed by atoms with van der Waals surface area (Å²) in [6.45, 7) is 5.16. The van der Waals surface area contributed by atoms with Gasteiger partial charge < -0.3 is 5.11 Å². The van der Waals surface area contributed by atoms with Crippen molar-refractivity contribution in [1.82, 2.24) is 4.72 Å². The van der Waals surface area contributed by atoms with E-state index < -0.39 is 22.0 Å². The molecule has 1 atom stereocenters. The summed E-state index contributed by atoms with van der Waals surface area (Å²) in [5, 5.41) is 8.87. The van der Waals surface area contributed by atoms with Crippen molar-refractivity contribution in [1.29, 1.82) is 0 Å². The number of carbonyl (C=O) groups is 1. The smallest absolute Gasteiger partial charge is 0.321 e. The Balaban J connectivity index is 3.10. The normalized spacial score (nSPS) is 13.3. The third kappa shape index (κ3) is 3.30. The molecule has 18 heavy (non-hydrogen) atoms. The van der Waals surface area contributed by atoms with Crippen molar-refractivity contribution in [3.05, 3.63) is 29.3 Å². The Labute approximate surface area is 107 Å². The summed E-state index contributed by atoms with van der Waals surface area (Å²) in [7, 11) is -3.79. The molecule has 100 valence electrons. The van der Waals surface area contributed by atoms with Gasteiger partial charge in [0, 0.05) is 0 Å². The van der Waals surface area contributed by atoms with E-state index in [-0.39, 0.29) is 11.3 Å². The maximum Gasteiger partial charge on any atom is 0.321 e. The van der Waals surface area contributed by atoms with Crippen LogP contribution in [0.4, 0.5) is 0 Å². The van der Waals surface area contributed by atoms with Crippen LogP contribution >= 0.6 is 0 Å². The zero-order valence-electron chi connectivity index (χ0n) is 10.6. The lowest BCUT2D eigenvalue weighted by atomic mass is 10.2. The SMILES string of the molecule is CCC(NS(=O)(=O)c1ccc(C)cc1C)C(=O)O. The van der Waals surface area contributed by atoms with Crippen molar-refractivity contribution >= 4 is 16.0 Å². The number of nitrogens with one attached hydrogen (secondary N) is 1. The summed E-state index contributed by atoms with van der Waals surface area (Å²) in [6, 6.07) is 3.82. The summed E-state index contributed by atoms with van der Waals surface area (Å²) < 4.78 is 26.3. The maximum absolute atomic E-state index is 12.1. The van der Waals surface area contributed by atoms with Crippen molar-refractivity contribution in [2.45, 2.75) is 38.1 Å². The number of hydrogen-bond donors (Lipinski definition) is 2. The van der Waals surface area contributed by atoms with Gasteiger partial charge in [0.2, 0.25) is 10.0 Å². The van der Waals surface area contributed by atoms with Crippen LogP contribution in [0.1, 0.15) is 24.5 Å². The van der Waals surface area contributed by atoms with Gasteiger partial charge in [-0.1, -0.05) is 24.6 Å². The Morgan fingerprint density at radius 3 is 2.44 bits per heavy atom. The second kappa shape index (κ2) is 5.49. The maximum atomic E-state index is 12.1. The first-order chi connectivity index (χ1) is 8.27. The van der Waals surface area contributed by atoms with Crippen molar-refractivity contribution in [2.75, 3.05) is 0 Å². The van der Waals surface area contributed by atoms with Gasteiger partial charge >= 0.3 is 5.97 Å². The minimum atomic E-state index is -3.79. The fraction of sp³-hybridized carbons (Fsp3) is 0.417. The fourth-order valence-electron chi connectivity index (χ4n) is 1.66. The van der Waals surface area contributed by atoms with E-state index in [1.807, 2.05) is 6.92 Å². The number of rotatable bonds is 5. The molecule has 0 aromatic heterocycles. The van der Waals surface area contributed by atoms with Crippen molar-refractivity contribution in [2.24, 2.45) is 0 Å². The summed E-state index contributed by atoms with van der Waals surface area (Å²) in [4.78, 5) is 11.0. The van der Waals surface area contributed by atoms with Crippen LogP contribution in [0.25, 0.3) is 0 Å². The topological polar surface area (TPSA) is 83.5 Å². The predicted octanol–water partition coefficient (Wildman–Crippen LogP) is 1.44. The molecule has 0 saturated heterocycles. The third-order valence-corrected chi connectivity index (χ3v) is 4.26. The molecule has 1 aromatic rings. The van der Waals surface area contributed by atoms with Crippen LogP contribution < -0.4 is 4.72 Å². The Morgan fingerprint density at radius 1 is 1.39 bits per heavy atom. The molecule has 1 aromatic carbocycles. The Kier molecular flexibility index (Phi) is 4.48. The lowest BCUT2D eigenvalue weighted by Gasteiger charge is -2.14. The quantitative estimate of drug-likeness (QED) is 0.849. The standard InChI is InChI=1S/C12H17NO4S/c1-4-10(12(14)15)13-18(16,17)11-6-5-8(2)7-9(11)3/h5-7,10,13H,4H2,1-3H3,(H,14,15). The molecule has 0 saturated carbocycles. The molecule has 0 heterocycles. The molecule has 0 amide bonds. The number of sulfonamides is 1. The van der Waals surface area contributed by atoms with Crippen LogP contribution in [-0.4, -0.2) is 25.5 Å². The molecule has 5 nitrogen and oxygen atoms in total. The van der Waals surface area contributed by atoms with Gasteiger partial charge in [-0.25, -0.2) is 8.42 Å². The molecular formula is C12H17NO4S. The predicted molar refractivity (Wildman–Crippen MR) is 68.0 cm³/mol. The number of hydrogen-bond acceptors (Lipinski definition) is 3. The number of benzene rings is 1. The van der Waals surface area contributed by atoms with E-state index in [0.29, 0.717) is 5.56 Å². The lowest BCUT2D eigenvalue weighted by Crippen LogP contribution is -2.40. The highest BCUT2D eigenvalue weighted by atomic mass is 32.2. The first-order valence-electron chi connectivity index (χ1n) is 5.60. The molecule has 0 radical (unpaired) electrons. The average Bonchev–Trinajstić information content (AvgIpc) is 2.24. The molecule has 0 spiro atoms. The van der Waals surface area contributed by atoms with E-state index in [0.717, 1.165) is 5.56 Å². The molecule has 1 unspecified atom stereocenters. The summed E-state index contributed by atoms with van der Waals surface area (Å²) in [5.41, 5.74) is 1.56. The third-order valence-electron chi connectivity index (χ3n) is 2.62. The monoisotopic (exact) mass is 271 g/mol. The van der Waals surface area contributed by atoms with E-state index in [2.05, 4.69) is 4.72 Å². The van der Waals surface area contributed by atoms with Gasteiger partial charge in [-0.3, -0.25) is 4.79 Å². The van der Waals surface area contributed by atoms with E-state index in [9.17, 15) is 13.2 Å². The first-order valence-corrected chi connectivity index (χ1v) is 7.08. The molecule has 1 rings (SSSR count). The zero-order chi connectivity index (χ0) is 13.9. The van der Waals surface area contributed by atoms with Crippen LogP contribution in [0.5, 0.6) is 0 Å². The number of carboxylic acid groups (broad SMARTS) is 1. The summed E-state index contributed by atoms with van der Waals surface area (Å²) in [6.07, 6.45) is 0.194. The van der Waals surface area contributed by atoms with Gasteiger partial charge in [-0.15, -0.1) is 0 Å². The van der Waals surface area contributed by atoms with E-state index in [1.54, 1.807) is 26.0 Å². The molecule has 2 N–H and O–H groups in total. The Morgan fingerprint density at radius 2 is 2.00 bits per heavy atom. The van der Waals surface area contributed by atoms with Gasteiger partial charge in [-0.05, 0) is 31.9 Å². The van der Waals surface area contributed by atoms with Gasteiger partial charge in [0.25, 0.3) is 0 Å². The summed E-state index contributed by atoms with van der Waals surface area (Å²) in [5.74, 6) is -1.18. The van der Waals surface area contributed by atoms with Gasteiger partial charge in [0.15, 0.2) is 0 Å². The zero-order valence-corrected chi connectivity index (χ0v) is 11.4. The first kappa shape index (κ1) is 14.7. The van der Waals surface area contributed by atoms with Crippen LogP contribution in [0.15, 0.2) is 23.1 Å². The molecule has 6 heteroatoms. The van der Waals surface area contributed by atoms with E-state index >= 15 is 0 Å². The molecule has 0 bridgehead atoms. The highest BCUT2D eigenvalue weighted by molar-refractivity contribution is 7.89. The fourth-order valence-corrected chi connectivity index (χ4v) is 3.16. The minimum Gasteiger partial charge on any atom is -0.480 e. The van der Waals surface area contributed by atoms with E-state index in [1.165, 1.54) is 6.07 Å². The lowest BCUT2D eigenvalue weighted by molar-refractivity contribution is -0.139. The molecule has 0 aliphatic carbocycles. The van der Waals surface area contributed by atoms with Crippen LogP contribution in [0.2, 0.25) is 0 Å². The second-order valence-corrected chi connectivity index (χ2v) is 5.87. The molecule has 0 aliphatic heterocycles. The summed E-state index contributed by atoms with van der Waals surface area (Å²) >= 11 is 0. The Bertz CT molecular complexity index is 551. The highest BCUT2D eigenvalue weighted by Crippen LogP contribution is 2.17. The highest BCUT2D eigenvalue weighted by Gasteiger charge is 2.24.